The van der Waals surface area contributed by atoms with E-state index < -0.39 is 0 Å². The lowest BCUT2D eigenvalue weighted by Crippen LogP contribution is -2.12. The largest absolute Gasteiger partial charge is 0.324 e. The van der Waals surface area contributed by atoms with E-state index in [1.54, 1.807) is 11.3 Å². The lowest BCUT2D eigenvalue weighted by molar-refractivity contribution is 0.736. The predicted molar refractivity (Wildman–Crippen MR) is 77.8 cm³/mol. The molecule has 3 aromatic heterocycles. The number of thiophene rings is 1. The molecule has 0 radical (unpaired) electrons. The zero-order valence-electron chi connectivity index (χ0n) is 9.58. The minimum atomic E-state index is -0.0181. The van der Waals surface area contributed by atoms with E-state index in [9.17, 15) is 0 Å². The molecule has 5 heteroatoms. The number of nitrogens with two attached hydrogens (primary N) is 1. The quantitative estimate of drug-likeness (QED) is 0.803. The monoisotopic (exact) mass is 321 g/mol. The highest BCUT2D eigenvalue weighted by atomic mass is 79.9. The summed E-state index contributed by atoms with van der Waals surface area (Å²) in [5.41, 5.74) is 8.47. The second kappa shape index (κ2) is 4.84. The van der Waals surface area contributed by atoms with Gasteiger partial charge in [0.1, 0.15) is 0 Å². The molecule has 0 bridgehead atoms. The molecule has 2 N–H and O–H groups in total. The fourth-order valence-corrected chi connectivity index (χ4v) is 3.57. The molecule has 18 heavy (non-hydrogen) atoms. The van der Waals surface area contributed by atoms with E-state index in [1.165, 1.54) is 4.88 Å². The summed E-state index contributed by atoms with van der Waals surface area (Å²) in [4.78, 5) is 1.28. The molecule has 3 aromatic rings. The van der Waals surface area contributed by atoms with E-state index >= 15 is 0 Å². The lowest BCUT2D eigenvalue weighted by Gasteiger charge is -2.08. The maximum absolute atomic E-state index is 6.28. The van der Waals surface area contributed by atoms with Crippen LogP contribution < -0.4 is 5.73 Å². The summed E-state index contributed by atoms with van der Waals surface area (Å²) in [5.74, 6) is 0. The van der Waals surface area contributed by atoms with Gasteiger partial charge in [0.05, 0.1) is 15.5 Å². The van der Waals surface area contributed by atoms with Gasteiger partial charge in [-0.3, -0.25) is 0 Å². The van der Waals surface area contributed by atoms with Crippen LogP contribution in [0.4, 0.5) is 0 Å². The average molecular weight is 322 g/mol. The zero-order valence-corrected chi connectivity index (χ0v) is 12.0. The number of aromatic nitrogens is 2. The molecule has 0 spiro atoms. The number of pyridine rings is 1. The number of nitrogens with zero attached hydrogens (tertiary/aromatic N) is 2. The summed E-state index contributed by atoms with van der Waals surface area (Å²) in [5, 5.41) is 4.32. The first kappa shape index (κ1) is 11.9. The van der Waals surface area contributed by atoms with Gasteiger partial charge in [-0.2, -0.15) is 5.10 Å². The van der Waals surface area contributed by atoms with E-state index in [1.807, 2.05) is 35.1 Å². The number of hydrogen-bond donors (Lipinski definition) is 1. The Morgan fingerprint density at radius 2 is 2.22 bits per heavy atom. The Bertz CT molecular complexity index is 673. The third-order valence-electron chi connectivity index (χ3n) is 2.91. The van der Waals surface area contributed by atoms with Crippen LogP contribution in [-0.4, -0.2) is 9.61 Å². The molecule has 0 saturated carbocycles. The van der Waals surface area contributed by atoms with Gasteiger partial charge in [0.15, 0.2) is 0 Å². The van der Waals surface area contributed by atoms with Crippen molar-refractivity contribution in [2.24, 2.45) is 5.73 Å². The molecule has 0 fully saturated rings. The standard InChI is InChI=1S/C13H12BrN3S/c14-13-5-4-9(18-13)7-11(15)10-8-16-17-6-2-1-3-12(10)17/h1-6,8,11H,7,15H2. The second-order valence-electron chi connectivity index (χ2n) is 4.15. The third kappa shape index (κ3) is 2.21. The second-order valence-corrected chi connectivity index (χ2v) is 6.69. The minimum absolute atomic E-state index is 0.0181. The van der Waals surface area contributed by atoms with Crippen LogP contribution in [-0.2, 0) is 6.42 Å². The van der Waals surface area contributed by atoms with Crippen molar-refractivity contribution in [1.82, 2.24) is 9.61 Å². The summed E-state index contributed by atoms with van der Waals surface area (Å²) in [6.45, 7) is 0. The molecule has 0 aliphatic carbocycles. The Morgan fingerprint density at radius 3 is 3.00 bits per heavy atom. The molecule has 0 aliphatic heterocycles. The molecule has 0 aromatic carbocycles. The Morgan fingerprint density at radius 1 is 1.33 bits per heavy atom. The Labute approximate surface area is 117 Å². The molecule has 0 amide bonds. The van der Waals surface area contributed by atoms with Crippen LogP contribution in [0.15, 0.2) is 46.5 Å². The van der Waals surface area contributed by atoms with Crippen LogP contribution >= 0.6 is 27.3 Å². The predicted octanol–water partition coefficient (Wildman–Crippen LogP) is 3.40. The van der Waals surface area contributed by atoms with Crippen molar-refractivity contribution in [3.8, 4) is 0 Å². The van der Waals surface area contributed by atoms with Gasteiger partial charge >= 0.3 is 0 Å². The highest BCUT2D eigenvalue weighted by molar-refractivity contribution is 9.11. The highest BCUT2D eigenvalue weighted by Crippen LogP contribution is 2.27. The number of rotatable bonds is 3. The van der Waals surface area contributed by atoms with E-state index in [2.05, 4.69) is 33.2 Å². The van der Waals surface area contributed by atoms with Crippen LogP contribution in [0.3, 0.4) is 0 Å². The molecular weight excluding hydrogens is 310 g/mol. The average Bonchev–Trinajstić information content (AvgIpc) is 2.95. The van der Waals surface area contributed by atoms with Gasteiger partial charge in [0, 0.05) is 29.1 Å². The molecule has 1 unspecified atom stereocenters. The maximum Gasteiger partial charge on any atom is 0.0709 e. The van der Waals surface area contributed by atoms with Gasteiger partial charge in [-0.25, -0.2) is 4.52 Å². The van der Waals surface area contributed by atoms with Gasteiger partial charge in [0.25, 0.3) is 0 Å². The lowest BCUT2D eigenvalue weighted by atomic mass is 10.1. The van der Waals surface area contributed by atoms with Crippen LogP contribution in [0.5, 0.6) is 0 Å². The van der Waals surface area contributed by atoms with Crippen LogP contribution in [0.25, 0.3) is 5.52 Å². The van der Waals surface area contributed by atoms with Crippen LogP contribution in [0, 0.1) is 0 Å². The summed E-state index contributed by atoms with van der Waals surface area (Å²) < 4.78 is 3.00. The first-order valence-corrected chi connectivity index (χ1v) is 7.27. The van der Waals surface area contributed by atoms with E-state index in [0.717, 1.165) is 21.3 Å². The first-order chi connectivity index (χ1) is 8.74. The van der Waals surface area contributed by atoms with Gasteiger partial charge in [-0.05, 0) is 40.2 Å². The van der Waals surface area contributed by atoms with Crippen molar-refractivity contribution >= 4 is 32.8 Å². The molecule has 3 heterocycles. The van der Waals surface area contributed by atoms with E-state index in [0.29, 0.717) is 0 Å². The van der Waals surface area contributed by atoms with Crippen molar-refractivity contribution in [3.05, 3.63) is 57.0 Å². The van der Waals surface area contributed by atoms with Crippen molar-refractivity contribution < 1.29 is 0 Å². The summed E-state index contributed by atoms with van der Waals surface area (Å²) in [6.07, 6.45) is 4.64. The van der Waals surface area contributed by atoms with Crippen molar-refractivity contribution in [2.75, 3.05) is 0 Å². The molecule has 92 valence electrons. The van der Waals surface area contributed by atoms with Crippen molar-refractivity contribution in [3.63, 3.8) is 0 Å². The van der Waals surface area contributed by atoms with Crippen molar-refractivity contribution in [1.29, 1.82) is 0 Å². The molecule has 3 rings (SSSR count). The molecule has 1 atom stereocenters. The molecular formula is C13H12BrN3S. The van der Waals surface area contributed by atoms with Crippen LogP contribution in [0.2, 0.25) is 0 Å². The number of halogens is 1. The Balaban J connectivity index is 1.90. The number of fused-ring (bicyclic) bond motifs is 1. The van der Waals surface area contributed by atoms with Crippen LogP contribution in [0.1, 0.15) is 16.5 Å². The summed E-state index contributed by atoms with van der Waals surface area (Å²) in [6, 6.07) is 10.2. The third-order valence-corrected chi connectivity index (χ3v) is 4.55. The topological polar surface area (TPSA) is 43.3 Å². The first-order valence-electron chi connectivity index (χ1n) is 5.66. The van der Waals surface area contributed by atoms with E-state index in [4.69, 9.17) is 5.73 Å². The maximum atomic E-state index is 6.28. The zero-order chi connectivity index (χ0) is 12.5. The minimum Gasteiger partial charge on any atom is -0.324 e. The van der Waals surface area contributed by atoms with Gasteiger partial charge in [0.2, 0.25) is 0 Å². The fraction of sp³-hybridized carbons (Fsp3) is 0.154. The Hall–Kier alpha value is -1.17. The fourth-order valence-electron chi connectivity index (χ4n) is 2.03. The number of hydrogen-bond acceptors (Lipinski definition) is 3. The summed E-state index contributed by atoms with van der Waals surface area (Å²) >= 11 is 5.20. The van der Waals surface area contributed by atoms with Crippen molar-refractivity contribution in [2.45, 2.75) is 12.5 Å². The normalized spacial score (nSPS) is 13.0. The summed E-state index contributed by atoms with van der Waals surface area (Å²) in [7, 11) is 0. The highest BCUT2D eigenvalue weighted by Gasteiger charge is 2.13. The SMILES string of the molecule is NC(Cc1ccc(Br)s1)c1cnn2ccccc12. The van der Waals surface area contributed by atoms with Gasteiger partial charge < -0.3 is 5.73 Å². The van der Waals surface area contributed by atoms with E-state index in [-0.39, 0.29) is 6.04 Å². The molecule has 3 nitrogen and oxygen atoms in total. The smallest absolute Gasteiger partial charge is 0.0709 e. The molecule has 0 saturated heterocycles. The molecule has 0 aliphatic rings. The Kier molecular flexibility index (Phi) is 3.20. The van der Waals surface area contributed by atoms with Gasteiger partial charge in [-0.1, -0.05) is 6.07 Å². The van der Waals surface area contributed by atoms with Gasteiger partial charge in [-0.15, -0.1) is 11.3 Å².